The predicted molar refractivity (Wildman–Crippen MR) is 96.3 cm³/mol. The lowest BCUT2D eigenvalue weighted by Crippen LogP contribution is -2.13. The predicted octanol–water partition coefficient (Wildman–Crippen LogP) is 3.21. The van der Waals surface area contributed by atoms with E-state index in [0.717, 1.165) is 5.56 Å². The Kier molecular flexibility index (Phi) is 4.52. The molecule has 27 heavy (non-hydrogen) atoms. The zero-order valence-corrected chi connectivity index (χ0v) is 14.1. The lowest BCUT2D eigenvalue weighted by atomic mass is 10.2. The van der Waals surface area contributed by atoms with Crippen LogP contribution < -0.4 is 20.1 Å². The van der Waals surface area contributed by atoms with E-state index in [-0.39, 0.29) is 18.5 Å². The molecule has 2 aromatic carbocycles. The highest BCUT2D eigenvalue weighted by Crippen LogP contribution is 2.32. The Labute approximate surface area is 154 Å². The number of halogens is 1. The number of amides is 1. The number of benzene rings is 2. The molecule has 0 fully saturated rings. The van der Waals surface area contributed by atoms with Crippen molar-refractivity contribution < 1.29 is 18.7 Å². The number of carbonyl (C=O) groups excluding carboxylic acids is 1. The number of hydrogen-bond acceptors (Lipinski definition) is 6. The summed E-state index contributed by atoms with van der Waals surface area (Å²) in [6.07, 6.45) is 0. The summed E-state index contributed by atoms with van der Waals surface area (Å²) in [7, 11) is 0. The smallest absolute Gasteiger partial charge is 0.257 e. The molecule has 0 atom stereocenters. The van der Waals surface area contributed by atoms with Crippen LogP contribution in [-0.4, -0.2) is 22.9 Å². The lowest BCUT2D eigenvalue weighted by molar-refractivity contribution is 0.102. The summed E-state index contributed by atoms with van der Waals surface area (Å²) >= 11 is 0. The molecule has 0 radical (unpaired) electrons. The zero-order chi connectivity index (χ0) is 18.6. The number of rotatable bonds is 5. The molecule has 2 N–H and O–H groups in total. The topological polar surface area (TPSA) is 85.4 Å². The van der Waals surface area contributed by atoms with Crippen LogP contribution in [0.5, 0.6) is 11.5 Å². The van der Waals surface area contributed by atoms with Crippen molar-refractivity contribution in [3.05, 3.63) is 71.5 Å². The molecule has 0 bridgehead atoms. The van der Waals surface area contributed by atoms with Gasteiger partial charge in [-0.1, -0.05) is 12.1 Å². The van der Waals surface area contributed by atoms with E-state index >= 15 is 0 Å². The first-order chi connectivity index (χ1) is 13.2. The summed E-state index contributed by atoms with van der Waals surface area (Å²) in [4.78, 5) is 12.3. The molecular weight excluding hydrogens is 351 g/mol. The van der Waals surface area contributed by atoms with Gasteiger partial charge >= 0.3 is 0 Å². The molecule has 0 aliphatic carbocycles. The maximum atomic E-state index is 12.9. The molecule has 0 saturated carbocycles. The number of fused-ring (bicyclic) bond motifs is 1. The number of anilines is 2. The van der Waals surface area contributed by atoms with Gasteiger partial charge in [0.05, 0.1) is 0 Å². The van der Waals surface area contributed by atoms with Crippen LogP contribution in [0.1, 0.15) is 15.9 Å². The Morgan fingerprint density at radius 2 is 1.70 bits per heavy atom. The summed E-state index contributed by atoms with van der Waals surface area (Å²) in [5.74, 6) is 1.41. The van der Waals surface area contributed by atoms with E-state index in [4.69, 9.17) is 9.47 Å². The number of carbonyl (C=O) groups is 1. The highest BCUT2D eigenvalue weighted by atomic mass is 19.1. The molecule has 136 valence electrons. The monoisotopic (exact) mass is 366 g/mol. The third-order valence-electron chi connectivity index (χ3n) is 3.93. The second kappa shape index (κ2) is 7.28. The summed E-state index contributed by atoms with van der Waals surface area (Å²) in [6, 6.07) is 14.5. The first-order valence-corrected chi connectivity index (χ1v) is 8.20. The third kappa shape index (κ3) is 3.95. The van der Waals surface area contributed by atoms with Crippen LogP contribution in [0, 0.1) is 5.82 Å². The summed E-state index contributed by atoms with van der Waals surface area (Å²) in [6.45, 7) is 0.635. The molecular formula is C19H15FN4O3. The maximum Gasteiger partial charge on any atom is 0.257 e. The van der Waals surface area contributed by atoms with E-state index in [1.165, 1.54) is 12.1 Å². The number of hydrogen-bond donors (Lipinski definition) is 2. The van der Waals surface area contributed by atoms with Gasteiger partial charge in [0.15, 0.2) is 17.3 Å². The lowest BCUT2D eigenvalue weighted by Gasteiger charge is -2.07. The molecule has 4 rings (SSSR count). The van der Waals surface area contributed by atoms with E-state index in [1.807, 2.05) is 0 Å². The average molecular weight is 366 g/mol. The fourth-order valence-corrected chi connectivity index (χ4v) is 2.51. The molecule has 1 aliphatic rings. The fourth-order valence-electron chi connectivity index (χ4n) is 2.51. The van der Waals surface area contributed by atoms with E-state index in [0.29, 0.717) is 35.2 Å². The van der Waals surface area contributed by atoms with Crippen LogP contribution in [0.2, 0.25) is 0 Å². The Morgan fingerprint density at radius 3 is 2.48 bits per heavy atom. The van der Waals surface area contributed by atoms with Crippen LogP contribution in [0.4, 0.5) is 16.0 Å². The average Bonchev–Trinajstić information content (AvgIpc) is 3.16. The summed E-state index contributed by atoms with van der Waals surface area (Å²) < 4.78 is 23.4. The number of nitrogens with one attached hydrogen (secondary N) is 2. The van der Waals surface area contributed by atoms with Crippen molar-refractivity contribution in [2.45, 2.75) is 6.54 Å². The molecule has 0 unspecified atom stereocenters. The first-order valence-electron chi connectivity index (χ1n) is 8.20. The second-order valence-electron chi connectivity index (χ2n) is 5.81. The molecule has 1 amide bonds. The normalized spacial score (nSPS) is 11.9. The molecule has 1 aliphatic heterocycles. The van der Waals surface area contributed by atoms with Crippen molar-refractivity contribution in [1.29, 1.82) is 0 Å². The number of aromatic nitrogens is 2. The van der Waals surface area contributed by atoms with Crippen molar-refractivity contribution >= 4 is 17.5 Å². The van der Waals surface area contributed by atoms with E-state index in [1.54, 1.807) is 42.5 Å². The molecule has 0 saturated heterocycles. The van der Waals surface area contributed by atoms with Crippen molar-refractivity contribution in [3.63, 3.8) is 0 Å². The largest absolute Gasteiger partial charge is 0.454 e. The van der Waals surface area contributed by atoms with E-state index in [9.17, 15) is 9.18 Å². The highest BCUT2D eigenvalue weighted by molar-refractivity contribution is 6.04. The van der Waals surface area contributed by atoms with Crippen molar-refractivity contribution in [2.24, 2.45) is 0 Å². The second-order valence-corrected chi connectivity index (χ2v) is 5.81. The van der Waals surface area contributed by atoms with Gasteiger partial charge < -0.3 is 20.1 Å². The summed E-state index contributed by atoms with van der Waals surface area (Å²) in [5.41, 5.74) is 1.35. The van der Waals surface area contributed by atoms with Gasteiger partial charge in [-0.25, -0.2) is 4.39 Å². The Morgan fingerprint density at radius 1 is 0.963 bits per heavy atom. The SMILES string of the molecule is O=C(Nc1ccc(NCc2ccc(F)cc2)nn1)c1ccc2c(c1)OCO2. The van der Waals surface area contributed by atoms with Gasteiger partial charge in [0.25, 0.3) is 5.91 Å². The quantitative estimate of drug-likeness (QED) is 0.721. The standard InChI is InChI=1S/C19H15FN4O3/c20-14-4-1-12(2-5-14)10-21-17-7-8-18(24-23-17)22-19(25)13-3-6-15-16(9-13)27-11-26-15/h1-9H,10-11H2,(H,21,23)(H,22,24,25). The van der Waals surface area contributed by atoms with Crippen molar-refractivity contribution in [1.82, 2.24) is 10.2 Å². The van der Waals surface area contributed by atoms with Gasteiger partial charge in [-0.2, -0.15) is 0 Å². The minimum Gasteiger partial charge on any atom is -0.454 e. The maximum absolute atomic E-state index is 12.9. The Hall–Kier alpha value is -3.68. The van der Waals surface area contributed by atoms with Gasteiger partial charge in [0.2, 0.25) is 6.79 Å². The third-order valence-corrected chi connectivity index (χ3v) is 3.93. The number of ether oxygens (including phenoxy) is 2. The van der Waals surface area contributed by atoms with Crippen molar-refractivity contribution in [2.75, 3.05) is 17.4 Å². The van der Waals surface area contributed by atoms with Gasteiger partial charge in [0.1, 0.15) is 11.6 Å². The highest BCUT2D eigenvalue weighted by Gasteiger charge is 2.16. The number of nitrogens with zero attached hydrogens (tertiary/aromatic N) is 2. The molecule has 7 nitrogen and oxygen atoms in total. The molecule has 2 heterocycles. The van der Waals surface area contributed by atoms with E-state index < -0.39 is 0 Å². The fraction of sp³-hybridized carbons (Fsp3) is 0.105. The van der Waals surface area contributed by atoms with Gasteiger partial charge in [-0.3, -0.25) is 4.79 Å². The minimum atomic E-state index is -0.324. The van der Waals surface area contributed by atoms with Gasteiger partial charge in [-0.05, 0) is 48.0 Å². The molecule has 3 aromatic rings. The van der Waals surface area contributed by atoms with Crippen LogP contribution in [0.3, 0.4) is 0 Å². The van der Waals surface area contributed by atoms with Crippen LogP contribution in [0.25, 0.3) is 0 Å². The zero-order valence-electron chi connectivity index (χ0n) is 14.1. The van der Waals surface area contributed by atoms with Crippen molar-refractivity contribution in [3.8, 4) is 11.5 Å². The van der Waals surface area contributed by atoms with E-state index in [2.05, 4.69) is 20.8 Å². The molecule has 8 heteroatoms. The van der Waals surface area contributed by atoms with Gasteiger partial charge in [-0.15, -0.1) is 10.2 Å². The van der Waals surface area contributed by atoms with Crippen LogP contribution in [-0.2, 0) is 6.54 Å². The summed E-state index contributed by atoms with van der Waals surface area (Å²) in [5, 5.41) is 13.8. The molecule has 0 spiro atoms. The Bertz CT molecular complexity index is 962. The van der Waals surface area contributed by atoms with Gasteiger partial charge in [0, 0.05) is 12.1 Å². The van der Waals surface area contributed by atoms with Crippen LogP contribution in [0.15, 0.2) is 54.6 Å². The van der Waals surface area contributed by atoms with Crippen LogP contribution >= 0.6 is 0 Å². The minimum absolute atomic E-state index is 0.151. The first kappa shape index (κ1) is 16.8. The molecule has 1 aromatic heterocycles. The Balaban J connectivity index is 1.36.